The molecule has 4 aromatic rings. The number of benzene rings is 3. The molecule has 0 radical (unpaired) electrons. The summed E-state index contributed by atoms with van der Waals surface area (Å²) in [6.45, 7) is 1.91. The van der Waals surface area contributed by atoms with Crippen molar-refractivity contribution in [1.29, 1.82) is 0 Å². The fourth-order valence-electron chi connectivity index (χ4n) is 4.03. The first kappa shape index (κ1) is 20.6. The van der Waals surface area contributed by atoms with Crippen molar-refractivity contribution in [3.8, 4) is 22.6 Å². The molecular formula is C26H22ClNO4. The highest BCUT2D eigenvalue weighted by molar-refractivity contribution is 6.31. The van der Waals surface area contributed by atoms with Gasteiger partial charge in [-0.15, -0.1) is 0 Å². The Kier molecular flexibility index (Phi) is 5.60. The van der Waals surface area contributed by atoms with Crippen LogP contribution in [0.25, 0.3) is 22.1 Å². The summed E-state index contributed by atoms with van der Waals surface area (Å²) in [5, 5.41) is 1.64. The molecule has 32 heavy (non-hydrogen) atoms. The molecule has 0 fully saturated rings. The van der Waals surface area contributed by atoms with Crippen LogP contribution in [0, 0.1) is 0 Å². The van der Waals surface area contributed by atoms with Gasteiger partial charge in [0.05, 0.1) is 18.2 Å². The third kappa shape index (κ3) is 3.97. The van der Waals surface area contributed by atoms with Gasteiger partial charge in [-0.25, -0.2) is 4.79 Å². The molecule has 0 bridgehead atoms. The van der Waals surface area contributed by atoms with E-state index >= 15 is 0 Å². The molecule has 0 N–H and O–H groups in total. The fraction of sp³-hybridized carbons (Fsp3) is 0.192. The average Bonchev–Trinajstić information content (AvgIpc) is 2.83. The van der Waals surface area contributed by atoms with E-state index in [0.717, 1.165) is 51.6 Å². The summed E-state index contributed by atoms with van der Waals surface area (Å²) in [6.07, 6.45) is 0.814. The molecule has 0 atom stereocenters. The van der Waals surface area contributed by atoms with Gasteiger partial charge >= 0.3 is 5.63 Å². The van der Waals surface area contributed by atoms with E-state index in [-0.39, 0.29) is 5.63 Å². The molecule has 2 heterocycles. The zero-order valence-electron chi connectivity index (χ0n) is 17.6. The van der Waals surface area contributed by atoms with E-state index in [0.29, 0.717) is 24.4 Å². The van der Waals surface area contributed by atoms with Crippen molar-refractivity contribution in [1.82, 2.24) is 4.90 Å². The minimum Gasteiger partial charge on any atom is -0.497 e. The molecule has 0 unspecified atom stereocenters. The predicted molar refractivity (Wildman–Crippen MR) is 126 cm³/mol. The molecule has 0 aliphatic carbocycles. The quantitative estimate of drug-likeness (QED) is 0.377. The number of rotatable bonds is 5. The fourth-order valence-corrected chi connectivity index (χ4v) is 4.26. The summed E-state index contributed by atoms with van der Waals surface area (Å²) >= 11 is 6.29. The lowest BCUT2D eigenvalue weighted by Gasteiger charge is -2.29. The van der Waals surface area contributed by atoms with Gasteiger partial charge in [-0.2, -0.15) is 0 Å². The molecule has 162 valence electrons. The number of ether oxygens (including phenoxy) is 2. The number of halogens is 1. The second-order valence-corrected chi connectivity index (χ2v) is 8.21. The first-order valence-electron chi connectivity index (χ1n) is 10.4. The number of fused-ring (bicyclic) bond motifs is 3. The number of methoxy groups -OCH3 is 1. The average molecular weight is 448 g/mol. The Bertz CT molecular complexity index is 1330. The van der Waals surface area contributed by atoms with Crippen LogP contribution < -0.4 is 15.1 Å². The van der Waals surface area contributed by atoms with Gasteiger partial charge in [0.25, 0.3) is 0 Å². The standard InChI is InChI=1S/C26H22ClNO4/c1-30-20-9-6-17(7-10-20)21-14-19-8-11-24-22(25(19)32-26(21)29)15-28(16-31-24)13-12-18-4-2-3-5-23(18)27/h2-11,14H,12-13,15-16H2,1H3. The molecule has 3 aromatic carbocycles. The van der Waals surface area contributed by atoms with Crippen LogP contribution in [0.15, 0.2) is 75.9 Å². The van der Waals surface area contributed by atoms with Crippen LogP contribution in [0.2, 0.25) is 5.02 Å². The summed E-state index contributed by atoms with van der Waals surface area (Å²) in [7, 11) is 1.61. The molecule has 6 heteroatoms. The van der Waals surface area contributed by atoms with Gasteiger partial charge in [0, 0.05) is 23.5 Å². The van der Waals surface area contributed by atoms with Crippen molar-refractivity contribution in [2.24, 2.45) is 0 Å². The van der Waals surface area contributed by atoms with Gasteiger partial charge in [0.2, 0.25) is 0 Å². The highest BCUT2D eigenvalue weighted by Gasteiger charge is 2.22. The molecule has 1 aliphatic rings. The molecular weight excluding hydrogens is 426 g/mol. The van der Waals surface area contributed by atoms with E-state index in [2.05, 4.69) is 4.90 Å². The van der Waals surface area contributed by atoms with E-state index in [4.69, 9.17) is 25.5 Å². The molecule has 0 amide bonds. The molecule has 5 nitrogen and oxygen atoms in total. The Morgan fingerprint density at radius 1 is 1.06 bits per heavy atom. The van der Waals surface area contributed by atoms with E-state index in [1.54, 1.807) is 7.11 Å². The summed E-state index contributed by atoms with van der Waals surface area (Å²) in [6, 6.07) is 21.0. The first-order valence-corrected chi connectivity index (χ1v) is 10.8. The Labute approximate surface area is 190 Å². The first-order chi connectivity index (χ1) is 15.6. The van der Waals surface area contributed by atoms with Crippen molar-refractivity contribution in [3.63, 3.8) is 0 Å². The van der Waals surface area contributed by atoms with E-state index < -0.39 is 0 Å². The van der Waals surface area contributed by atoms with Gasteiger partial charge in [-0.1, -0.05) is 41.9 Å². The van der Waals surface area contributed by atoms with Gasteiger partial charge in [-0.3, -0.25) is 4.90 Å². The number of hydrogen-bond acceptors (Lipinski definition) is 5. The second-order valence-electron chi connectivity index (χ2n) is 7.80. The Morgan fingerprint density at radius 2 is 1.88 bits per heavy atom. The number of nitrogens with zero attached hydrogens (tertiary/aromatic N) is 1. The highest BCUT2D eigenvalue weighted by Crippen LogP contribution is 2.33. The Morgan fingerprint density at radius 3 is 2.66 bits per heavy atom. The summed E-state index contributed by atoms with van der Waals surface area (Å²) in [4.78, 5) is 15.0. The lowest BCUT2D eigenvalue weighted by molar-refractivity contribution is 0.0968. The SMILES string of the molecule is COc1ccc(-c2cc3ccc4c(c3oc2=O)CN(CCc2ccccc2Cl)CO4)cc1. The van der Waals surface area contributed by atoms with Crippen molar-refractivity contribution in [2.45, 2.75) is 13.0 Å². The minimum absolute atomic E-state index is 0.371. The summed E-state index contributed by atoms with van der Waals surface area (Å²) in [5.74, 6) is 1.49. The van der Waals surface area contributed by atoms with E-state index in [1.165, 1.54) is 0 Å². The normalized spacial score (nSPS) is 13.6. The van der Waals surface area contributed by atoms with Gasteiger partial charge in [-0.05, 0) is 53.9 Å². The smallest absolute Gasteiger partial charge is 0.344 e. The van der Waals surface area contributed by atoms with Crippen LogP contribution in [0.3, 0.4) is 0 Å². The largest absolute Gasteiger partial charge is 0.497 e. The Hall–Kier alpha value is -3.28. The maximum atomic E-state index is 12.8. The van der Waals surface area contributed by atoms with Crippen molar-refractivity contribution in [2.75, 3.05) is 20.4 Å². The number of hydrogen-bond donors (Lipinski definition) is 0. The van der Waals surface area contributed by atoms with Crippen LogP contribution in [0.5, 0.6) is 11.5 Å². The summed E-state index contributed by atoms with van der Waals surface area (Å²) < 4.78 is 17.0. The van der Waals surface area contributed by atoms with Crippen LogP contribution in [0.1, 0.15) is 11.1 Å². The molecule has 0 spiro atoms. The van der Waals surface area contributed by atoms with E-state index in [1.807, 2.05) is 66.7 Å². The molecule has 1 aliphatic heterocycles. The highest BCUT2D eigenvalue weighted by atomic mass is 35.5. The maximum Gasteiger partial charge on any atom is 0.344 e. The lowest BCUT2D eigenvalue weighted by Crippen LogP contribution is -2.33. The van der Waals surface area contributed by atoms with Crippen LogP contribution in [0.4, 0.5) is 0 Å². The van der Waals surface area contributed by atoms with Crippen LogP contribution in [-0.4, -0.2) is 25.3 Å². The molecule has 1 aromatic heterocycles. The van der Waals surface area contributed by atoms with Crippen molar-refractivity contribution < 1.29 is 13.9 Å². The Balaban J connectivity index is 1.43. The summed E-state index contributed by atoms with van der Waals surface area (Å²) in [5.41, 5.74) is 3.51. The van der Waals surface area contributed by atoms with Gasteiger partial charge < -0.3 is 13.9 Å². The van der Waals surface area contributed by atoms with Crippen LogP contribution in [-0.2, 0) is 13.0 Å². The molecule has 0 saturated carbocycles. The lowest BCUT2D eigenvalue weighted by atomic mass is 10.0. The monoisotopic (exact) mass is 447 g/mol. The predicted octanol–water partition coefficient (Wildman–Crippen LogP) is 5.52. The van der Waals surface area contributed by atoms with Crippen LogP contribution >= 0.6 is 11.6 Å². The molecule has 5 rings (SSSR count). The van der Waals surface area contributed by atoms with Crippen molar-refractivity contribution in [3.05, 3.63) is 93.3 Å². The topological polar surface area (TPSA) is 51.9 Å². The maximum absolute atomic E-state index is 12.8. The minimum atomic E-state index is -0.371. The van der Waals surface area contributed by atoms with Crippen molar-refractivity contribution >= 4 is 22.6 Å². The second kappa shape index (κ2) is 8.69. The zero-order chi connectivity index (χ0) is 22.1. The van der Waals surface area contributed by atoms with E-state index in [9.17, 15) is 4.79 Å². The zero-order valence-corrected chi connectivity index (χ0v) is 18.4. The third-order valence-electron chi connectivity index (χ3n) is 5.80. The molecule has 0 saturated heterocycles. The third-order valence-corrected chi connectivity index (χ3v) is 6.17. The van der Waals surface area contributed by atoms with Gasteiger partial charge in [0.1, 0.15) is 23.8 Å². The van der Waals surface area contributed by atoms with Gasteiger partial charge in [0.15, 0.2) is 0 Å².